The van der Waals surface area contributed by atoms with Gasteiger partial charge in [0.25, 0.3) is 0 Å². The topological polar surface area (TPSA) is 88.2 Å². The summed E-state index contributed by atoms with van der Waals surface area (Å²) in [5, 5.41) is 11.8. The molecule has 1 amide bonds. The van der Waals surface area contributed by atoms with Crippen LogP contribution in [0.25, 0.3) is 0 Å². The van der Waals surface area contributed by atoms with E-state index in [1.807, 2.05) is 20.8 Å². The highest BCUT2D eigenvalue weighted by atomic mass is 16.6. The second-order valence-corrected chi connectivity index (χ2v) is 6.03. The Hall–Kier alpha value is -1.46. The van der Waals surface area contributed by atoms with E-state index in [1.54, 1.807) is 11.8 Å². The van der Waals surface area contributed by atoms with E-state index >= 15 is 0 Å². The number of hydrogen-bond acceptors (Lipinski definition) is 4. The molecular formula is C13H25N3O3. The largest absolute Gasteiger partial charge is 0.444 e. The third kappa shape index (κ3) is 4.29. The van der Waals surface area contributed by atoms with E-state index in [9.17, 15) is 4.79 Å². The Morgan fingerprint density at radius 1 is 1.42 bits per heavy atom. The van der Waals surface area contributed by atoms with Gasteiger partial charge in [-0.3, -0.25) is 4.90 Å². The maximum Gasteiger partial charge on any atom is 0.411 e. The lowest BCUT2D eigenvalue weighted by Crippen LogP contribution is -2.52. The Morgan fingerprint density at radius 3 is 2.37 bits per heavy atom. The van der Waals surface area contributed by atoms with Gasteiger partial charge in [0.2, 0.25) is 0 Å². The van der Waals surface area contributed by atoms with E-state index in [0.29, 0.717) is 0 Å². The van der Waals surface area contributed by atoms with Crippen LogP contribution >= 0.6 is 0 Å². The molecule has 1 rings (SSSR count). The lowest BCUT2D eigenvalue weighted by molar-refractivity contribution is 0.0130. The summed E-state index contributed by atoms with van der Waals surface area (Å²) in [7, 11) is 0. The summed E-state index contributed by atoms with van der Waals surface area (Å²) in [6.07, 6.45) is 3.64. The third-order valence-corrected chi connectivity index (χ3v) is 3.28. The highest BCUT2D eigenvalue weighted by Gasteiger charge is 2.35. The summed E-state index contributed by atoms with van der Waals surface area (Å²) in [5.74, 6) is 0.0257. The zero-order chi connectivity index (χ0) is 14.6. The molecule has 1 unspecified atom stereocenters. The van der Waals surface area contributed by atoms with Crippen LogP contribution in [0.1, 0.15) is 53.4 Å². The molecule has 0 heterocycles. The number of oxime groups is 1. The fourth-order valence-electron chi connectivity index (χ4n) is 2.35. The fourth-order valence-corrected chi connectivity index (χ4v) is 2.35. The maximum absolute atomic E-state index is 12.3. The van der Waals surface area contributed by atoms with E-state index in [-0.39, 0.29) is 11.9 Å². The van der Waals surface area contributed by atoms with Crippen LogP contribution in [0.15, 0.2) is 5.16 Å². The molecule has 1 saturated carbocycles. The lowest BCUT2D eigenvalue weighted by atomic mass is 10.1. The standard InChI is InChI=1S/C13H25N3O3/c1-9(11(14)15-18)16(10-7-5-6-8-10)12(17)19-13(2,3)4/h9-10,18H,5-8H2,1-4H3,(H2,14,15). The third-order valence-electron chi connectivity index (χ3n) is 3.28. The number of ether oxygens (including phenoxy) is 1. The van der Waals surface area contributed by atoms with Gasteiger partial charge in [-0.05, 0) is 40.5 Å². The van der Waals surface area contributed by atoms with Gasteiger partial charge in [0, 0.05) is 6.04 Å². The molecule has 1 aliphatic rings. The quantitative estimate of drug-likeness (QED) is 0.357. The summed E-state index contributed by atoms with van der Waals surface area (Å²) in [4.78, 5) is 13.9. The first kappa shape index (κ1) is 15.6. The van der Waals surface area contributed by atoms with Crippen LogP contribution in [-0.4, -0.2) is 39.7 Å². The van der Waals surface area contributed by atoms with Crippen molar-refractivity contribution in [1.82, 2.24) is 4.90 Å². The molecule has 1 fully saturated rings. The van der Waals surface area contributed by atoms with Crippen molar-refractivity contribution in [3.05, 3.63) is 0 Å². The van der Waals surface area contributed by atoms with Gasteiger partial charge in [-0.25, -0.2) is 4.79 Å². The first-order valence-corrected chi connectivity index (χ1v) is 6.75. The van der Waals surface area contributed by atoms with Gasteiger partial charge in [-0.1, -0.05) is 18.0 Å². The van der Waals surface area contributed by atoms with Crippen molar-refractivity contribution in [2.45, 2.75) is 71.1 Å². The van der Waals surface area contributed by atoms with Gasteiger partial charge in [0.05, 0.1) is 6.04 Å². The number of nitrogens with two attached hydrogens (primary N) is 1. The molecule has 110 valence electrons. The van der Waals surface area contributed by atoms with Gasteiger partial charge in [-0.2, -0.15) is 0 Å². The van der Waals surface area contributed by atoms with Crippen LogP contribution in [0.4, 0.5) is 4.79 Å². The molecule has 0 saturated heterocycles. The van der Waals surface area contributed by atoms with Crippen molar-refractivity contribution < 1.29 is 14.7 Å². The SMILES string of the molecule is CC(/C(N)=N/O)N(C(=O)OC(C)(C)C)C1CCCC1. The molecule has 0 aromatic rings. The van der Waals surface area contributed by atoms with Gasteiger partial charge in [-0.15, -0.1) is 0 Å². The average molecular weight is 271 g/mol. The van der Waals surface area contributed by atoms with E-state index in [4.69, 9.17) is 15.7 Å². The number of carbonyl (C=O) groups is 1. The molecule has 0 aromatic carbocycles. The molecular weight excluding hydrogens is 246 g/mol. The van der Waals surface area contributed by atoms with Crippen LogP contribution in [0, 0.1) is 0 Å². The van der Waals surface area contributed by atoms with Crippen LogP contribution in [0.2, 0.25) is 0 Å². The van der Waals surface area contributed by atoms with E-state index < -0.39 is 17.7 Å². The number of carbonyl (C=O) groups excluding carboxylic acids is 1. The minimum absolute atomic E-state index is 0.0257. The lowest BCUT2D eigenvalue weighted by Gasteiger charge is -2.35. The van der Waals surface area contributed by atoms with Crippen molar-refractivity contribution in [3.8, 4) is 0 Å². The van der Waals surface area contributed by atoms with Crippen molar-refractivity contribution in [2.75, 3.05) is 0 Å². The number of amides is 1. The predicted octanol–water partition coefficient (Wildman–Crippen LogP) is 2.30. The minimum Gasteiger partial charge on any atom is -0.444 e. The van der Waals surface area contributed by atoms with Gasteiger partial charge in [0.1, 0.15) is 5.60 Å². The van der Waals surface area contributed by atoms with E-state index in [0.717, 1.165) is 25.7 Å². The first-order chi connectivity index (χ1) is 8.76. The molecule has 6 heteroatoms. The summed E-state index contributed by atoms with van der Waals surface area (Å²) in [6, 6.07) is -0.368. The molecule has 6 nitrogen and oxygen atoms in total. The smallest absolute Gasteiger partial charge is 0.411 e. The fraction of sp³-hybridized carbons (Fsp3) is 0.846. The number of nitrogens with zero attached hydrogens (tertiary/aromatic N) is 2. The average Bonchev–Trinajstić information content (AvgIpc) is 2.79. The molecule has 3 N–H and O–H groups in total. The van der Waals surface area contributed by atoms with Crippen molar-refractivity contribution in [3.63, 3.8) is 0 Å². The second-order valence-electron chi connectivity index (χ2n) is 6.03. The Balaban J connectivity index is 2.88. The van der Waals surface area contributed by atoms with Crippen molar-refractivity contribution in [2.24, 2.45) is 10.9 Å². The van der Waals surface area contributed by atoms with Gasteiger partial charge >= 0.3 is 6.09 Å². The Labute approximate surface area is 114 Å². The Morgan fingerprint density at radius 2 is 1.95 bits per heavy atom. The molecule has 0 aromatic heterocycles. The van der Waals surface area contributed by atoms with E-state index in [1.165, 1.54) is 0 Å². The summed E-state index contributed by atoms with van der Waals surface area (Å²) in [6.45, 7) is 7.22. The summed E-state index contributed by atoms with van der Waals surface area (Å²) in [5.41, 5.74) is 5.08. The Bertz CT molecular complexity index is 344. The predicted molar refractivity (Wildman–Crippen MR) is 73.2 cm³/mol. The molecule has 1 aliphatic carbocycles. The first-order valence-electron chi connectivity index (χ1n) is 6.75. The van der Waals surface area contributed by atoms with Crippen molar-refractivity contribution in [1.29, 1.82) is 0 Å². The highest BCUT2D eigenvalue weighted by molar-refractivity contribution is 5.88. The van der Waals surface area contributed by atoms with Crippen LogP contribution in [0.3, 0.4) is 0 Å². The Kier molecular flexibility index (Phi) is 5.03. The molecule has 1 atom stereocenters. The summed E-state index contributed by atoms with van der Waals surface area (Å²) >= 11 is 0. The minimum atomic E-state index is -0.557. The van der Waals surface area contributed by atoms with Gasteiger partial charge in [0.15, 0.2) is 5.84 Å². The number of rotatable bonds is 3. The molecule has 0 bridgehead atoms. The second kappa shape index (κ2) is 6.12. The molecule has 19 heavy (non-hydrogen) atoms. The van der Waals surface area contributed by atoms with Crippen molar-refractivity contribution >= 4 is 11.9 Å². The van der Waals surface area contributed by atoms with Crippen LogP contribution < -0.4 is 5.73 Å². The molecule has 0 aliphatic heterocycles. The van der Waals surface area contributed by atoms with E-state index in [2.05, 4.69) is 5.16 Å². The van der Waals surface area contributed by atoms with Crippen LogP contribution in [0.5, 0.6) is 0 Å². The normalized spacial score (nSPS) is 19.3. The zero-order valence-corrected chi connectivity index (χ0v) is 12.2. The number of amidine groups is 1. The van der Waals surface area contributed by atoms with Gasteiger partial charge < -0.3 is 15.7 Å². The summed E-state index contributed by atoms with van der Waals surface area (Å²) < 4.78 is 5.42. The highest BCUT2D eigenvalue weighted by Crippen LogP contribution is 2.27. The van der Waals surface area contributed by atoms with Crippen LogP contribution in [-0.2, 0) is 4.74 Å². The maximum atomic E-state index is 12.3. The monoisotopic (exact) mass is 271 g/mol. The molecule has 0 radical (unpaired) electrons. The number of hydrogen-bond donors (Lipinski definition) is 2. The zero-order valence-electron chi connectivity index (χ0n) is 12.2. The molecule has 0 spiro atoms.